The lowest BCUT2D eigenvalue weighted by Crippen LogP contribution is -1.99. The lowest BCUT2D eigenvalue weighted by atomic mass is 10.0. The van der Waals surface area contributed by atoms with E-state index in [0.29, 0.717) is 6.42 Å². The van der Waals surface area contributed by atoms with Gasteiger partial charge in [0.25, 0.3) is 0 Å². The van der Waals surface area contributed by atoms with E-state index < -0.39 is 12.1 Å². The Kier molecular flexibility index (Phi) is 6.50. The zero-order valence-electron chi connectivity index (χ0n) is 15.2. The third kappa shape index (κ3) is 5.25. The number of carbonyl (C=O) groups is 1. The van der Waals surface area contributed by atoms with Crippen molar-refractivity contribution in [1.29, 1.82) is 0 Å². The first-order chi connectivity index (χ1) is 13.6. The zero-order valence-corrected chi connectivity index (χ0v) is 15.2. The minimum Gasteiger partial charge on any atom is -0.477 e. The molecule has 1 unspecified atom stereocenters. The van der Waals surface area contributed by atoms with E-state index in [1.807, 2.05) is 84.9 Å². The minimum atomic E-state index is -0.995. The van der Waals surface area contributed by atoms with Gasteiger partial charge in [0.05, 0.1) is 0 Å². The number of fused-ring (bicyclic) bond motifs is 1. The molecule has 4 rings (SSSR count). The molecular weight excluding hydrogens is 350 g/mol. The molecule has 139 valence electrons. The van der Waals surface area contributed by atoms with Gasteiger partial charge in [0.15, 0.2) is 0 Å². The molecule has 1 atom stereocenters. The van der Waals surface area contributed by atoms with Crippen LogP contribution in [0.15, 0.2) is 97.2 Å². The van der Waals surface area contributed by atoms with Gasteiger partial charge in [0, 0.05) is 18.0 Å². The van der Waals surface area contributed by atoms with Crippen LogP contribution in [0.3, 0.4) is 0 Å². The van der Waals surface area contributed by atoms with Gasteiger partial charge in [-0.15, -0.1) is 0 Å². The molecule has 0 amide bonds. The van der Waals surface area contributed by atoms with Crippen LogP contribution in [0.25, 0.3) is 10.8 Å². The van der Waals surface area contributed by atoms with E-state index in [0.717, 1.165) is 21.9 Å². The van der Waals surface area contributed by atoms with Gasteiger partial charge in [-0.3, -0.25) is 0 Å². The normalized spacial score (nSPS) is 11.3. The maximum absolute atomic E-state index is 11.9. The Balaban J connectivity index is 0.000000162. The first-order valence-corrected chi connectivity index (χ1v) is 8.96. The van der Waals surface area contributed by atoms with Gasteiger partial charge >= 0.3 is 5.97 Å². The van der Waals surface area contributed by atoms with E-state index in [-0.39, 0.29) is 5.69 Å². The molecule has 0 spiro atoms. The van der Waals surface area contributed by atoms with Crippen LogP contribution >= 0.6 is 0 Å². The standard InChI is InChI=1S/C14H13O.C10H7NO2/c15-14(13-9-5-2-6-10-13)11-12-7-3-1-4-8-12;12-10(13)9-5-7-3-1-2-4-8(7)6-11-9/h1-10,14H,11H2;1-6H,(H,12,13). The molecule has 0 saturated carbocycles. The van der Waals surface area contributed by atoms with E-state index in [1.54, 1.807) is 12.3 Å². The Morgan fingerprint density at radius 3 is 2.04 bits per heavy atom. The predicted octanol–water partition coefficient (Wildman–Crippen LogP) is 5.33. The lowest BCUT2D eigenvalue weighted by molar-refractivity contribution is 0.0690. The van der Waals surface area contributed by atoms with Crippen LogP contribution in [-0.4, -0.2) is 16.1 Å². The van der Waals surface area contributed by atoms with Crippen LogP contribution in [0.4, 0.5) is 0 Å². The maximum atomic E-state index is 11.9. The fraction of sp³-hybridized carbons (Fsp3) is 0.0833. The molecule has 0 bridgehead atoms. The highest BCUT2D eigenvalue weighted by Gasteiger charge is 2.09. The number of aromatic nitrogens is 1. The average Bonchev–Trinajstić information content (AvgIpc) is 2.75. The summed E-state index contributed by atoms with van der Waals surface area (Å²) in [6.07, 6.45) is 1.47. The Hall–Kier alpha value is -3.50. The lowest BCUT2D eigenvalue weighted by Gasteiger charge is -2.08. The maximum Gasteiger partial charge on any atom is 0.354 e. The van der Waals surface area contributed by atoms with Gasteiger partial charge in [-0.1, -0.05) is 84.9 Å². The number of pyridine rings is 1. The largest absolute Gasteiger partial charge is 0.477 e. The number of hydrogen-bond acceptors (Lipinski definition) is 2. The zero-order chi connectivity index (χ0) is 19.8. The van der Waals surface area contributed by atoms with Gasteiger partial charge in [-0.05, 0) is 22.6 Å². The molecule has 4 nitrogen and oxygen atoms in total. The van der Waals surface area contributed by atoms with Crippen LogP contribution < -0.4 is 0 Å². The molecule has 1 radical (unpaired) electrons. The van der Waals surface area contributed by atoms with Crippen molar-refractivity contribution in [2.45, 2.75) is 12.5 Å². The number of carboxylic acids is 1. The summed E-state index contributed by atoms with van der Waals surface area (Å²) in [6, 6.07) is 28.5. The molecule has 4 heteroatoms. The second kappa shape index (κ2) is 9.44. The smallest absolute Gasteiger partial charge is 0.354 e. The molecule has 1 heterocycles. The molecule has 1 N–H and O–H groups in total. The summed E-state index contributed by atoms with van der Waals surface area (Å²) in [4.78, 5) is 14.4. The number of hydrogen-bond donors (Lipinski definition) is 1. The van der Waals surface area contributed by atoms with Gasteiger partial charge < -0.3 is 5.11 Å². The SMILES string of the molecule is O=C(O)c1cc2ccccc2cn1.[O]C(Cc1ccccc1)c1ccccc1. The summed E-state index contributed by atoms with van der Waals surface area (Å²) in [7, 11) is 0. The van der Waals surface area contributed by atoms with Crippen molar-refractivity contribution in [3.63, 3.8) is 0 Å². The van der Waals surface area contributed by atoms with Crippen molar-refractivity contribution in [1.82, 2.24) is 4.98 Å². The predicted molar refractivity (Wildman–Crippen MR) is 109 cm³/mol. The van der Waals surface area contributed by atoms with Crippen molar-refractivity contribution >= 4 is 16.7 Å². The summed E-state index contributed by atoms with van der Waals surface area (Å²) in [5, 5.41) is 22.4. The molecule has 0 fully saturated rings. The summed E-state index contributed by atoms with van der Waals surface area (Å²) >= 11 is 0. The van der Waals surface area contributed by atoms with Crippen molar-refractivity contribution in [3.05, 3.63) is 114 Å². The third-order valence-corrected chi connectivity index (χ3v) is 4.29. The molecular formula is C24H20NO3. The summed E-state index contributed by atoms with van der Waals surface area (Å²) in [6.45, 7) is 0. The third-order valence-electron chi connectivity index (χ3n) is 4.29. The summed E-state index contributed by atoms with van der Waals surface area (Å²) in [5.41, 5.74) is 2.04. The number of carboxylic acid groups (broad SMARTS) is 1. The second-order valence-corrected chi connectivity index (χ2v) is 6.31. The second-order valence-electron chi connectivity index (χ2n) is 6.31. The molecule has 28 heavy (non-hydrogen) atoms. The highest BCUT2D eigenvalue weighted by molar-refractivity contribution is 5.91. The Morgan fingerprint density at radius 1 is 0.821 bits per heavy atom. The molecule has 0 aliphatic rings. The number of benzene rings is 3. The Bertz CT molecular complexity index is 1030. The van der Waals surface area contributed by atoms with Crippen LogP contribution in [0.5, 0.6) is 0 Å². The molecule has 0 aliphatic carbocycles. The van der Waals surface area contributed by atoms with E-state index in [2.05, 4.69) is 4.98 Å². The molecule has 4 aromatic rings. The van der Waals surface area contributed by atoms with Crippen molar-refractivity contribution in [2.24, 2.45) is 0 Å². The first kappa shape index (κ1) is 19.3. The number of rotatable bonds is 4. The summed E-state index contributed by atoms with van der Waals surface area (Å²) in [5.74, 6) is -0.995. The van der Waals surface area contributed by atoms with Gasteiger partial charge in [0.1, 0.15) is 11.8 Å². The van der Waals surface area contributed by atoms with Gasteiger partial charge in [-0.2, -0.15) is 0 Å². The highest BCUT2D eigenvalue weighted by Crippen LogP contribution is 2.18. The summed E-state index contributed by atoms with van der Waals surface area (Å²) < 4.78 is 0. The quantitative estimate of drug-likeness (QED) is 0.527. The van der Waals surface area contributed by atoms with Crippen LogP contribution in [0.2, 0.25) is 0 Å². The Morgan fingerprint density at radius 2 is 1.39 bits per heavy atom. The number of nitrogens with zero attached hydrogens (tertiary/aromatic N) is 1. The molecule has 0 aliphatic heterocycles. The van der Waals surface area contributed by atoms with Crippen LogP contribution in [0, 0.1) is 0 Å². The monoisotopic (exact) mass is 370 g/mol. The fourth-order valence-corrected chi connectivity index (χ4v) is 2.81. The van der Waals surface area contributed by atoms with Crippen molar-refractivity contribution < 1.29 is 15.0 Å². The van der Waals surface area contributed by atoms with Gasteiger partial charge in [-0.25, -0.2) is 14.9 Å². The average molecular weight is 370 g/mol. The van der Waals surface area contributed by atoms with E-state index in [4.69, 9.17) is 5.11 Å². The van der Waals surface area contributed by atoms with Crippen molar-refractivity contribution in [2.75, 3.05) is 0 Å². The number of aromatic carboxylic acids is 1. The van der Waals surface area contributed by atoms with Gasteiger partial charge in [0.2, 0.25) is 0 Å². The van der Waals surface area contributed by atoms with Crippen molar-refractivity contribution in [3.8, 4) is 0 Å². The highest BCUT2D eigenvalue weighted by atomic mass is 16.4. The fourth-order valence-electron chi connectivity index (χ4n) is 2.81. The van der Waals surface area contributed by atoms with E-state index >= 15 is 0 Å². The first-order valence-electron chi connectivity index (χ1n) is 8.96. The van der Waals surface area contributed by atoms with Crippen LogP contribution in [-0.2, 0) is 11.5 Å². The molecule has 3 aromatic carbocycles. The molecule has 1 aromatic heterocycles. The van der Waals surface area contributed by atoms with E-state index in [1.165, 1.54) is 0 Å². The minimum absolute atomic E-state index is 0.0821. The topological polar surface area (TPSA) is 70.1 Å². The van der Waals surface area contributed by atoms with Crippen LogP contribution in [0.1, 0.15) is 27.7 Å². The van der Waals surface area contributed by atoms with E-state index in [9.17, 15) is 9.90 Å². The molecule has 0 saturated heterocycles. The Labute approximate surface area is 163 Å².